The van der Waals surface area contributed by atoms with Gasteiger partial charge in [0.1, 0.15) is 0 Å². The second-order valence-electron chi connectivity index (χ2n) is 9.55. The van der Waals surface area contributed by atoms with E-state index in [-0.39, 0.29) is 0 Å². The van der Waals surface area contributed by atoms with Gasteiger partial charge < -0.3 is 5.73 Å². The van der Waals surface area contributed by atoms with Crippen LogP contribution in [0.1, 0.15) is 80.6 Å². The van der Waals surface area contributed by atoms with Gasteiger partial charge in [0.05, 0.1) is 0 Å². The minimum absolute atomic E-state index is 0.304. The maximum Gasteiger partial charge on any atom is 0.0168 e. The Morgan fingerprint density at radius 3 is 1.70 bits per heavy atom. The number of piperidine rings is 2. The first-order valence-corrected chi connectivity index (χ1v) is 9.79. The van der Waals surface area contributed by atoms with Crippen LogP contribution in [0.2, 0.25) is 0 Å². The van der Waals surface area contributed by atoms with Gasteiger partial charge in [-0.25, -0.2) is 0 Å². The zero-order chi connectivity index (χ0) is 17.7. The number of nitrogens with zero attached hydrogens (tertiary/aromatic N) is 2. The maximum atomic E-state index is 5.88. The number of hydrogen-bond donors (Lipinski definition) is 1. The standard InChI is InChI=1S/C11H23N.C9H20N2/c1-5-10-7-6-8-12(9-10)11(2,3)4;1-9(2,3)11-6-4-5-8(10)7-11/h10H,5-9H2,1-4H3;8H,4-7,10H2,1-3H3/t10-;8-/m11/s1. The fourth-order valence-corrected chi connectivity index (χ4v) is 3.63. The van der Waals surface area contributed by atoms with Crippen molar-refractivity contribution in [3.8, 4) is 0 Å². The van der Waals surface area contributed by atoms with Gasteiger partial charge in [0.25, 0.3) is 0 Å². The van der Waals surface area contributed by atoms with Crippen molar-refractivity contribution in [1.82, 2.24) is 9.80 Å². The summed E-state index contributed by atoms with van der Waals surface area (Å²) in [5.41, 5.74) is 6.57. The smallest absolute Gasteiger partial charge is 0.0168 e. The lowest BCUT2D eigenvalue weighted by molar-refractivity contribution is 0.0778. The molecule has 2 saturated heterocycles. The van der Waals surface area contributed by atoms with E-state index in [0.29, 0.717) is 17.1 Å². The van der Waals surface area contributed by atoms with Crippen LogP contribution in [0.5, 0.6) is 0 Å². The molecule has 0 saturated carbocycles. The molecule has 3 nitrogen and oxygen atoms in total. The summed E-state index contributed by atoms with van der Waals surface area (Å²) in [5, 5.41) is 0. The Hall–Kier alpha value is -0.120. The third-order valence-corrected chi connectivity index (χ3v) is 5.45. The molecule has 2 fully saturated rings. The quantitative estimate of drug-likeness (QED) is 0.787. The van der Waals surface area contributed by atoms with Crippen LogP contribution in [0.3, 0.4) is 0 Å². The zero-order valence-corrected chi connectivity index (χ0v) is 17.0. The average molecular weight is 326 g/mol. The molecule has 0 aliphatic carbocycles. The molecule has 0 amide bonds. The molecule has 23 heavy (non-hydrogen) atoms. The number of nitrogens with two attached hydrogens (primary N) is 1. The van der Waals surface area contributed by atoms with Gasteiger partial charge in [0.2, 0.25) is 0 Å². The Labute approximate surface area is 146 Å². The highest BCUT2D eigenvalue weighted by molar-refractivity contribution is 4.84. The Morgan fingerprint density at radius 2 is 1.30 bits per heavy atom. The van der Waals surface area contributed by atoms with Gasteiger partial charge in [0, 0.05) is 30.2 Å². The van der Waals surface area contributed by atoms with E-state index in [9.17, 15) is 0 Å². The molecule has 0 aromatic carbocycles. The summed E-state index contributed by atoms with van der Waals surface area (Å²) in [5.74, 6) is 0.956. The fraction of sp³-hybridized carbons (Fsp3) is 1.00. The van der Waals surface area contributed by atoms with Crippen LogP contribution in [0, 0.1) is 5.92 Å². The van der Waals surface area contributed by atoms with Gasteiger partial charge in [-0.2, -0.15) is 0 Å². The van der Waals surface area contributed by atoms with Crippen molar-refractivity contribution in [3.63, 3.8) is 0 Å². The first-order valence-electron chi connectivity index (χ1n) is 9.79. The van der Waals surface area contributed by atoms with E-state index in [4.69, 9.17) is 5.73 Å². The van der Waals surface area contributed by atoms with E-state index in [2.05, 4.69) is 58.3 Å². The molecule has 2 atom stereocenters. The largest absolute Gasteiger partial charge is 0.327 e. The molecule has 2 rings (SSSR count). The summed E-state index contributed by atoms with van der Waals surface area (Å²) < 4.78 is 0. The Kier molecular flexibility index (Phi) is 8.03. The molecule has 3 heteroatoms. The summed E-state index contributed by atoms with van der Waals surface area (Å²) >= 11 is 0. The van der Waals surface area contributed by atoms with Crippen molar-refractivity contribution >= 4 is 0 Å². The first-order chi connectivity index (χ1) is 10.5. The van der Waals surface area contributed by atoms with E-state index in [1.807, 2.05) is 0 Å². The predicted molar refractivity (Wildman–Crippen MR) is 103 cm³/mol. The van der Waals surface area contributed by atoms with Crippen LogP contribution >= 0.6 is 0 Å². The molecule has 0 spiro atoms. The highest BCUT2D eigenvalue weighted by Crippen LogP contribution is 2.25. The maximum absolute atomic E-state index is 5.88. The summed E-state index contributed by atoms with van der Waals surface area (Å²) in [7, 11) is 0. The number of rotatable bonds is 1. The van der Waals surface area contributed by atoms with E-state index in [1.54, 1.807) is 0 Å². The first kappa shape index (κ1) is 20.9. The van der Waals surface area contributed by atoms with Crippen LogP contribution < -0.4 is 5.73 Å². The molecular weight excluding hydrogens is 282 g/mol. The zero-order valence-electron chi connectivity index (χ0n) is 17.0. The van der Waals surface area contributed by atoms with Gasteiger partial charge in [-0.3, -0.25) is 9.80 Å². The highest BCUT2D eigenvalue weighted by atomic mass is 15.2. The predicted octanol–water partition coefficient (Wildman–Crippen LogP) is 4.11. The fourth-order valence-electron chi connectivity index (χ4n) is 3.63. The minimum atomic E-state index is 0.304. The summed E-state index contributed by atoms with van der Waals surface area (Å²) in [6.45, 7) is 21.0. The second kappa shape index (κ2) is 8.82. The SMILES string of the molecule is CC(C)(C)N1CCC[C@@H](N)C1.CC[C@@H]1CCCN(C(C)(C)C)C1. The average Bonchev–Trinajstić information content (AvgIpc) is 2.46. The van der Waals surface area contributed by atoms with Crippen molar-refractivity contribution in [2.75, 3.05) is 26.2 Å². The van der Waals surface area contributed by atoms with Gasteiger partial charge in [-0.1, -0.05) is 13.3 Å². The third-order valence-electron chi connectivity index (χ3n) is 5.45. The molecule has 2 aliphatic heterocycles. The van der Waals surface area contributed by atoms with Gasteiger partial charge >= 0.3 is 0 Å². The molecule has 0 aromatic rings. The lowest BCUT2D eigenvalue weighted by Crippen LogP contribution is -2.51. The number of likely N-dealkylation sites (tertiary alicyclic amines) is 2. The lowest BCUT2D eigenvalue weighted by Gasteiger charge is -2.41. The van der Waals surface area contributed by atoms with Crippen molar-refractivity contribution in [2.24, 2.45) is 11.7 Å². The normalized spacial score (nSPS) is 28.2. The Morgan fingerprint density at radius 1 is 0.826 bits per heavy atom. The molecule has 0 radical (unpaired) electrons. The topological polar surface area (TPSA) is 32.5 Å². The Balaban J connectivity index is 0.000000231. The minimum Gasteiger partial charge on any atom is -0.327 e. The van der Waals surface area contributed by atoms with E-state index >= 15 is 0 Å². The molecule has 0 bridgehead atoms. The second-order valence-corrected chi connectivity index (χ2v) is 9.55. The lowest BCUT2D eigenvalue weighted by atomic mass is 9.92. The molecule has 138 valence electrons. The van der Waals surface area contributed by atoms with Crippen LogP contribution in [-0.4, -0.2) is 53.1 Å². The molecule has 2 heterocycles. The number of hydrogen-bond acceptors (Lipinski definition) is 3. The van der Waals surface area contributed by atoms with Crippen molar-refractivity contribution in [2.45, 2.75) is 97.7 Å². The molecule has 0 aromatic heterocycles. The van der Waals surface area contributed by atoms with E-state index in [0.717, 1.165) is 12.5 Å². The van der Waals surface area contributed by atoms with Crippen molar-refractivity contribution in [3.05, 3.63) is 0 Å². The van der Waals surface area contributed by atoms with Gasteiger partial charge in [-0.05, 0) is 86.2 Å². The molecule has 0 unspecified atom stereocenters. The molecule has 2 aliphatic rings. The van der Waals surface area contributed by atoms with Crippen molar-refractivity contribution < 1.29 is 0 Å². The summed E-state index contributed by atoms with van der Waals surface area (Å²) in [4.78, 5) is 5.10. The van der Waals surface area contributed by atoms with Crippen LogP contribution in [0.4, 0.5) is 0 Å². The Bertz CT molecular complexity index is 327. The van der Waals surface area contributed by atoms with Crippen LogP contribution in [-0.2, 0) is 0 Å². The monoisotopic (exact) mass is 325 g/mol. The summed E-state index contributed by atoms with van der Waals surface area (Å²) in [6.07, 6.45) is 6.66. The highest BCUT2D eigenvalue weighted by Gasteiger charge is 2.27. The summed E-state index contributed by atoms with van der Waals surface area (Å²) in [6, 6.07) is 0.406. The van der Waals surface area contributed by atoms with Crippen LogP contribution in [0.25, 0.3) is 0 Å². The van der Waals surface area contributed by atoms with Crippen LogP contribution in [0.15, 0.2) is 0 Å². The third kappa shape index (κ3) is 7.53. The molecular formula is C20H43N3. The van der Waals surface area contributed by atoms with Crippen molar-refractivity contribution in [1.29, 1.82) is 0 Å². The molecule has 2 N–H and O–H groups in total. The van der Waals surface area contributed by atoms with E-state index < -0.39 is 0 Å². The van der Waals surface area contributed by atoms with Gasteiger partial charge in [0.15, 0.2) is 0 Å². The van der Waals surface area contributed by atoms with E-state index in [1.165, 1.54) is 51.7 Å². The van der Waals surface area contributed by atoms with Gasteiger partial charge in [-0.15, -0.1) is 0 Å².